The fourth-order valence-electron chi connectivity index (χ4n) is 3.02. The van der Waals surface area contributed by atoms with E-state index in [9.17, 15) is 9.59 Å². The summed E-state index contributed by atoms with van der Waals surface area (Å²) in [7, 11) is 1.35. The first-order valence-corrected chi connectivity index (χ1v) is 9.14. The Labute approximate surface area is 163 Å². The van der Waals surface area contributed by atoms with Crippen LogP contribution in [0.3, 0.4) is 0 Å². The molecule has 0 spiro atoms. The van der Waals surface area contributed by atoms with Crippen LogP contribution in [0, 0.1) is 6.92 Å². The Kier molecular flexibility index (Phi) is 5.93. The summed E-state index contributed by atoms with van der Waals surface area (Å²) >= 11 is 0. The molecule has 7 nitrogen and oxygen atoms in total. The van der Waals surface area contributed by atoms with Crippen molar-refractivity contribution in [1.29, 1.82) is 0 Å². The van der Waals surface area contributed by atoms with Crippen LogP contribution in [-0.2, 0) is 11.3 Å². The molecule has 0 unspecified atom stereocenters. The van der Waals surface area contributed by atoms with Crippen molar-refractivity contribution >= 4 is 11.9 Å². The van der Waals surface area contributed by atoms with E-state index in [1.54, 1.807) is 24.4 Å². The number of benzene rings is 1. The van der Waals surface area contributed by atoms with Gasteiger partial charge in [0.2, 0.25) is 0 Å². The molecule has 0 aliphatic heterocycles. The van der Waals surface area contributed by atoms with Gasteiger partial charge in [0, 0.05) is 41.8 Å². The Morgan fingerprint density at radius 3 is 2.68 bits per heavy atom. The lowest BCUT2D eigenvalue weighted by atomic mass is 10.0. The van der Waals surface area contributed by atoms with E-state index >= 15 is 0 Å². The van der Waals surface area contributed by atoms with Crippen LogP contribution in [0.1, 0.15) is 39.9 Å². The summed E-state index contributed by atoms with van der Waals surface area (Å²) < 4.78 is 6.59. The maximum atomic E-state index is 12.5. The summed E-state index contributed by atoms with van der Waals surface area (Å²) in [5, 5.41) is 7.17. The van der Waals surface area contributed by atoms with Crippen molar-refractivity contribution in [1.82, 2.24) is 20.1 Å². The monoisotopic (exact) mass is 380 g/mol. The van der Waals surface area contributed by atoms with Gasteiger partial charge in [-0.15, -0.1) is 0 Å². The molecule has 0 aliphatic carbocycles. The SMILES string of the molecule is COC(=O)c1cc(-c2ccc(C(=O)N[C@@H](C)CCn3cccn3)cc2)c(C)[nH]1. The maximum Gasteiger partial charge on any atom is 0.354 e. The lowest BCUT2D eigenvalue weighted by molar-refractivity contribution is 0.0594. The molecule has 28 heavy (non-hydrogen) atoms. The van der Waals surface area contributed by atoms with Crippen molar-refractivity contribution < 1.29 is 14.3 Å². The summed E-state index contributed by atoms with van der Waals surface area (Å²) in [6.45, 7) is 4.62. The summed E-state index contributed by atoms with van der Waals surface area (Å²) in [5.41, 5.74) is 3.69. The number of hydrogen-bond donors (Lipinski definition) is 2. The number of hydrogen-bond acceptors (Lipinski definition) is 4. The largest absolute Gasteiger partial charge is 0.464 e. The Hall–Kier alpha value is -3.35. The molecule has 1 atom stereocenters. The van der Waals surface area contributed by atoms with E-state index in [-0.39, 0.29) is 11.9 Å². The zero-order chi connectivity index (χ0) is 20.1. The van der Waals surface area contributed by atoms with Crippen LogP contribution >= 0.6 is 0 Å². The van der Waals surface area contributed by atoms with Gasteiger partial charge in [0.1, 0.15) is 5.69 Å². The fraction of sp³-hybridized carbons (Fsp3) is 0.286. The maximum absolute atomic E-state index is 12.5. The zero-order valence-corrected chi connectivity index (χ0v) is 16.2. The van der Waals surface area contributed by atoms with Gasteiger partial charge >= 0.3 is 5.97 Å². The Bertz CT molecular complexity index is 943. The number of H-pyrrole nitrogens is 1. The highest BCUT2D eigenvalue weighted by molar-refractivity contribution is 5.95. The number of carbonyl (C=O) groups excluding carboxylic acids is 2. The summed E-state index contributed by atoms with van der Waals surface area (Å²) in [5.74, 6) is -0.519. The van der Waals surface area contributed by atoms with Gasteiger partial charge in [-0.05, 0) is 50.1 Å². The van der Waals surface area contributed by atoms with Gasteiger partial charge in [-0.3, -0.25) is 9.48 Å². The van der Waals surface area contributed by atoms with Gasteiger partial charge in [0.05, 0.1) is 7.11 Å². The zero-order valence-electron chi connectivity index (χ0n) is 16.2. The Morgan fingerprint density at radius 1 is 1.29 bits per heavy atom. The average molecular weight is 380 g/mol. The number of ether oxygens (including phenoxy) is 1. The van der Waals surface area contributed by atoms with Crippen molar-refractivity contribution in [3.8, 4) is 11.1 Å². The molecule has 7 heteroatoms. The molecule has 3 aromatic rings. The number of methoxy groups -OCH3 is 1. The molecule has 0 fully saturated rings. The van der Waals surface area contributed by atoms with E-state index in [4.69, 9.17) is 4.74 Å². The molecule has 2 heterocycles. The molecule has 1 amide bonds. The second kappa shape index (κ2) is 8.56. The molecule has 2 N–H and O–H groups in total. The average Bonchev–Trinajstić information content (AvgIpc) is 3.35. The molecule has 0 bridgehead atoms. The van der Waals surface area contributed by atoms with Crippen molar-refractivity contribution in [2.45, 2.75) is 32.9 Å². The van der Waals surface area contributed by atoms with Gasteiger partial charge in [-0.2, -0.15) is 5.10 Å². The first-order chi connectivity index (χ1) is 13.5. The molecule has 146 valence electrons. The van der Waals surface area contributed by atoms with Gasteiger partial charge < -0.3 is 15.0 Å². The minimum absolute atomic E-state index is 0.0332. The number of amides is 1. The number of nitrogens with zero attached hydrogens (tertiary/aromatic N) is 2. The third-order valence-electron chi connectivity index (χ3n) is 4.61. The van der Waals surface area contributed by atoms with E-state index < -0.39 is 5.97 Å². The van der Waals surface area contributed by atoms with Crippen LogP contribution in [-0.4, -0.2) is 39.8 Å². The minimum Gasteiger partial charge on any atom is -0.464 e. The summed E-state index contributed by atoms with van der Waals surface area (Å²) in [6.07, 6.45) is 4.44. The minimum atomic E-state index is -0.408. The molecule has 3 rings (SSSR count). The summed E-state index contributed by atoms with van der Waals surface area (Å²) in [6, 6.07) is 11.0. The highest BCUT2D eigenvalue weighted by Gasteiger charge is 2.14. The number of aromatic nitrogens is 3. The van der Waals surface area contributed by atoms with Crippen molar-refractivity contribution in [3.05, 3.63) is 65.7 Å². The number of aryl methyl sites for hydroxylation is 2. The smallest absolute Gasteiger partial charge is 0.354 e. The van der Waals surface area contributed by atoms with E-state index in [0.29, 0.717) is 11.3 Å². The molecular formula is C21H24N4O3. The van der Waals surface area contributed by atoms with E-state index in [1.165, 1.54) is 7.11 Å². The van der Waals surface area contributed by atoms with Crippen LogP contribution in [0.25, 0.3) is 11.1 Å². The molecule has 0 saturated heterocycles. The van der Waals surface area contributed by atoms with Gasteiger partial charge in [0.25, 0.3) is 5.91 Å². The predicted molar refractivity (Wildman–Crippen MR) is 106 cm³/mol. The second-order valence-corrected chi connectivity index (χ2v) is 6.72. The predicted octanol–water partition coefficient (Wildman–Crippen LogP) is 3.18. The summed E-state index contributed by atoms with van der Waals surface area (Å²) in [4.78, 5) is 27.2. The molecule has 2 aromatic heterocycles. The first-order valence-electron chi connectivity index (χ1n) is 9.14. The molecule has 0 aliphatic rings. The molecular weight excluding hydrogens is 356 g/mol. The molecule has 1 aromatic carbocycles. The molecule has 0 radical (unpaired) electrons. The second-order valence-electron chi connectivity index (χ2n) is 6.72. The Morgan fingerprint density at radius 2 is 2.04 bits per heavy atom. The van der Waals surface area contributed by atoms with E-state index in [0.717, 1.165) is 29.8 Å². The van der Waals surface area contributed by atoms with Crippen molar-refractivity contribution in [2.75, 3.05) is 7.11 Å². The van der Waals surface area contributed by atoms with Crippen LogP contribution in [0.4, 0.5) is 0 Å². The number of nitrogens with one attached hydrogen (secondary N) is 2. The van der Waals surface area contributed by atoms with Gasteiger partial charge in [0.15, 0.2) is 0 Å². The quantitative estimate of drug-likeness (QED) is 0.616. The lowest BCUT2D eigenvalue weighted by Gasteiger charge is -2.14. The third-order valence-corrected chi connectivity index (χ3v) is 4.61. The van der Waals surface area contributed by atoms with Gasteiger partial charge in [-0.25, -0.2) is 4.79 Å². The molecule has 0 saturated carbocycles. The third kappa shape index (κ3) is 4.49. The van der Waals surface area contributed by atoms with E-state index in [2.05, 4.69) is 15.4 Å². The van der Waals surface area contributed by atoms with E-state index in [1.807, 2.05) is 42.9 Å². The number of carbonyl (C=O) groups is 2. The number of rotatable bonds is 7. The van der Waals surface area contributed by atoms with Crippen molar-refractivity contribution in [3.63, 3.8) is 0 Å². The van der Waals surface area contributed by atoms with Crippen LogP contribution in [0.2, 0.25) is 0 Å². The Balaban J connectivity index is 1.62. The highest BCUT2D eigenvalue weighted by Crippen LogP contribution is 2.25. The number of aromatic amines is 1. The van der Waals surface area contributed by atoms with Gasteiger partial charge in [-0.1, -0.05) is 12.1 Å². The first kappa shape index (κ1) is 19.4. The van der Waals surface area contributed by atoms with Crippen molar-refractivity contribution in [2.24, 2.45) is 0 Å². The van der Waals surface area contributed by atoms with Crippen LogP contribution in [0.15, 0.2) is 48.8 Å². The lowest BCUT2D eigenvalue weighted by Crippen LogP contribution is -2.33. The van der Waals surface area contributed by atoms with Crippen LogP contribution < -0.4 is 5.32 Å². The fourth-order valence-corrected chi connectivity index (χ4v) is 3.02. The highest BCUT2D eigenvalue weighted by atomic mass is 16.5. The van der Waals surface area contributed by atoms with Crippen LogP contribution in [0.5, 0.6) is 0 Å². The number of esters is 1. The standard InChI is InChI=1S/C21H24N4O3/c1-14(9-12-25-11-4-10-22-25)23-20(26)17-7-5-16(6-8-17)18-13-19(21(27)28-3)24-15(18)2/h4-8,10-11,13-14,24H,9,12H2,1-3H3,(H,23,26)/t14-/m0/s1. The normalized spacial score (nSPS) is 11.8. The topological polar surface area (TPSA) is 89.0 Å².